The lowest BCUT2D eigenvalue weighted by molar-refractivity contribution is -0.146. The first-order chi connectivity index (χ1) is 12.5. The SMILES string of the molecule is C/C=C/CC(=O)N1CC[C@]2(CCCN(Cc3cccc(F)c3F)C2=O)C1. The molecular formula is C20H24F2N2O2. The van der Waals surface area contributed by atoms with E-state index >= 15 is 0 Å². The maximum Gasteiger partial charge on any atom is 0.230 e. The predicted octanol–water partition coefficient (Wildman–Crippen LogP) is 3.27. The number of likely N-dealkylation sites (tertiary alicyclic amines) is 2. The van der Waals surface area contributed by atoms with Crippen molar-refractivity contribution < 1.29 is 18.4 Å². The van der Waals surface area contributed by atoms with Crippen LogP contribution in [0.2, 0.25) is 0 Å². The number of hydrogen-bond donors (Lipinski definition) is 0. The Hall–Kier alpha value is -2.24. The van der Waals surface area contributed by atoms with Crippen LogP contribution in [0.5, 0.6) is 0 Å². The molecule has 6 heteroatoms. The van der Waals surface area contributed by atoms with E-state index in [9.17, 15) is 18.4 Å². The second-order valence-corrected chi connectivity index (χ2v) is 7.16. The molecule has 26 heavy (non-hydrogen) atoms. The summed E-state index contributed by atoms with van der Waals surface area (Å²) >= 11 is 0. The smallest absolute Gasteiger partial charge is 0.230 e. The lowest BCUT2D eigenvalue weighted by Crippen LogP contribution is -2.50. The third-order valence-corrected chi connectivity index (χ3v) is 5.45. The van der Waals surface area contributed by atoms with Gasteiger partial charge in [0, 0.05) is 38.2 Å². The van der Waals surface area contributed by atoms with Crippen molar-refractivity contribution in [3.05, 3.63) is 47.5 Å². The Kier molecular flexibility index (Phi) is 5.39. The minimum atomic E-state index is -0.900. The normalized spacial score (nSPS) is 23.4. The number of carbonyl (C=O) groups excluding carboxylic acids is 2. The molecule has 0 aromatic heterocycles. The van der Waals surface area contributed by atoms with Crippen molar-refractivity contribution in [3.63, 3.8) is 0 Å². The van der Waals surface area contributed by atoms with Gasteiger partial charge in [0.1, 0.15) is 0 Å². The largest absolute Gasteiger partial charge is 0.341 e. The van der Waals surface area contributed by atoms with E-state index in [1.165, 1.54) is 12.1 Å². The molecule has 0 saturated carbocycles. The van der Waals surface area contributed by atoms with Crippen LogP contribution >= 0.6 is 0 Å². The summed E-state index contributed by atoms with van der Waals surface area (Å²) in [5.41, 5.74) is -0.386. The van der Waals surface area contributed by atoms with E-state index in [1.807, 2.05) is 19.1 Å². The quantitative estimate of drug-likeness (QED) is 0.772. The molecule has 3 rings (SSSR count). The van der Waals surface area contributed by atoms with E-state index in [-0.39, 0.29) is 23.9 Å². The van der Waals surface area contributed by atoms with Crippen molar-refractivity contribution in [1.29, 1.82) is 0 Å². The molecule has 2 amide bonds. The van der Waals surface area contributed by atoms with E-state index in [4.69, 9.17) is 0 Å². The number of rotatable bonds is 4. The Balaban J connectivity index is 1.72. The van der Waals surface area contributed by atoms with Crippen LogP contribution in [-0.2, 0) is 16.1 Å². The molecule has 1 aromatic rings. The van der Waals surface area contributed by atoms with E-state index < -0.39 is 17.0 Å². The van der Waals surface area contributed by atoms with Crippen LogP contribution < -0.4 is 0 Å². The highest BCUT2D eigenvalue weighted by Gasteiger charge is 2.49. The van der Waals surface area contributed by atoms with Crippen LogP contribution in [0.25, 0.3) is 0 Å². The molecular weight excluding hydrogens is 338 g/mol. The summed E-state index contributed by atoms with van der Waals surface area (Å²) in [7, 11) is 0. The zero-order valence-corrected chi connectivity index (χ0v) is 15.0. The number of amides is 2. The van der Waals surface area contributed by atoms with Gasteiger partial charge < -0.3 is 9.80 Å². The molecule has 1 spiro atoms. The van der Waals surface area contributed by atoms with Crippen LogP contribution in [0, 0.1) is 17.0 Å². The predicted molar refractivity (Wildman–Crippen MR) is 94.1 cm³/mol. The summed E-state index contributed by atoms with van der Waals surface area (Å²) < 4.78 is 27.4. The number of hydrogen-bond acceptors (Lipinski definition) is 2. The molecule has 1 atom stereocenters. The topological polar surface area (TPSA) is 40.6 Å². The number of benzene rings is 1. The van der Waals surface area contributed by atoms with Gasteiger partial charge in [-0.15, -0.1) is 0 Å². The van der Waals surface area contributed by atoms with Gasteiger partial charge in [-0.1, -0.05) is 24.3 Å². The molecule has 2 aliphatic heterocycles. The lowest BCUT2D eigenvalue weighted by atomic mass is 9.78. The maximum absolute atomic E-state index is 14.0. The second-order valence-electron chi connectivity index (χ2n) is 7.16. The van der Waals surface area contributed by atoms with E-state index in [0.717, 1.165) is 18.9 Å². The van der Waals surface area contributed by atoms with Crippen LogP contribution in [-0.4, -0.2) is 41.2 Å². The minimum Gasteiger partial charge on any atom is -0.341 e. The molecule has 2 fully saturated rings. The fraction of sp³-hybridized carbons (Fsp3) is 0.500. The van der Waals surface area contributed by atoms with Gasteiger partial charge in [0.2, 0.25) is 11.8 Å². The first-order valence-corrected chi connectivity index (χ1v) is 9.08. The summed E-state index contributed by atoms with van der Waals surface area (Å²) in [6, 6.07) is 4.03. The van der Waals surface area contributed by atoms with Gasteiger partial charge in [0.05, 0.1) is 5.41 Å². The first-order valence-electron chi connectivity index (χ1n) is 9.08. The number of nitrogens with zero attached hydrogens (tertiary/aromatic N) is 2. The van der Waals surface area contributed by atoms with Crippen molar-refractivity contribution in [1.82, 2.24) is 9.80 Å². The third-order valence-electron chi connectivity index (χ3n) is 5.45. The van der Waals surface area contributed by atoms with Crippen LogP contribution in [0.3, 0.4) is 0 Å². The van der Waals surface area contributed by atoms with Gasteiger partial charge >= 0.3 is 0 Å². The highest BCUT2D eigenvalue weighted by atomic mass is 19.2. The number of carbonyl (C=O) groups is 2. The van der Waals surface area contributed by atoms with Gasteiger partial charge in [0.25, 0.3) is 0 Å². The van der Waals surface area contributed by atoms with Crippen LogP contribution in [0.4, 0.5) is 8.78 Å². The monoisotopic (exact) mass is 362 g/mol. The number of piperidine rings is 1. The molecule has 0 N–H and O–H groups in total. The molecule has 0 radical (unpaired) electrons. The summed E-state index contributed by atoms with van der Waals surface area (Å²) in [4.78, 5) is 28.7. The van der Waals surface area contributed by atoms with Crippen molar-refractivity contribution in [2.75, 3.05) is 19.6 Å². The Labute approximate surface area is 152 Å². The highest BCUT2D eigenvalue weighted by molar-refractivity contribution is 5.86. The Morgan fingerprint density at radius 3 is 2.85 bits per heavy atom. The van der Waals surface area contributed by atoms with E-state index in [1.54, 1.807) is 9.80 Å². The standard InChI is InChI=1S/C20H24F2N2O2/c1-2-3-8-17(25)24-12-10-20(14-24)9-5-11-23(19(20)26)13-15-6-4-7-16(21)18(15)22/h2-4,6-7H,5,8-14H2,1H3/b3-2+/t20-/m1/s1. The highest BCUT2D eigenvalue weighted by Crippen LogP contribution is 2.40. The second kappa shape index (κ2) is 7.56. The van der Waals surface area contributed by atoms with E-state index in [0.29, 0.717) is 32.5 Å². The molecule has 0 unspecified atom stereocenters. The Bertz CT molecular complexity index is 735. The average Bonchev–Trinajstić information content (AvgIpc) is 3.06. The summed E-state index contributed by atoms with van der Waals surface area (Å²) in [5, 5.41) is 0. The zero-order valence-electron chi connectivity index (χ0n) is 15.0. The summed E-state index contributed by atoms with van der Waals surface area (Å²) in [6.07, 6.45) is 6.18. The molecule has 140 valence electrons. The molecule has 2 heterocycles. The average molecular weight is 362 g/mol. The van der Waals surface area contributed by atoms with Crippen molar-refractivity contribution in [3.8, 4) is 0 Å². The van der Waals surface area contributed by atoms with Gasteiger partial charge in [-0.2, -0.15) is 0 Å². The van der Waals surface area contributed by atoms with Gasteiger partial charge in [-0.3, -0.25) is 9.59 Å². The molecule has 2 aliphatic rings. The molecule has 1 aromatic carbocycles. The Morgan fingerprint density at radius 1 is 1.27 bits per heavy atom. The van der Waals surface area contributed by atoms with Crippen molar-refractivity contribution in [2.45, 2.75) is 39.2 Å². The summed E-state index contributed by atoms with van der Waals surface area (Å²) in [6.45, 7) is 3.46. The lowest BCUT2D eigenvalue weighted by Gasteiger charge is -2.39. The summed E-state index contributed by atoms with van der Waals surface area (Å²) in [5.74, 6) is -1.81. The fourth-order valence-corrected chi connectivity index (χ4v) is 3.99. The Morgan fingerprint density at radius 2 is 2.08 bits per heavy atom. The molecule has 2 saturated heterocycles. The zero-order chi connectivity index (χ0) is 18.7. The number of allylic oxidation sites excluding steroid dienone is 1. The van der Waals surface area contributed by atoms with Gasteiger partial charge in [-0.05, 0) is 32.3 Å². The van der Waals surface area contributed by atoms with Gasteiger partial charge in [-0.25, -0.2) is 8.78 Å². The van der Waals surface area contributed by atoms with Gasteiger partial charge in [0.15, 0.2) is 11.6 Å². The number of halogens is 2. The molecule has 0 bridgehead atoms. The molecule has 4 nitrogen and oxygen atoms in total. The van der Waals surface area contributed by atoms with Crippen LogP contribution in [0.1, 0.15) is 38.2 Å². The maximum atomic E-state index is 14.0. The minimum absolute atomic E-state index is 0.0288. The van der Waals surface area contributed by atoms with Crippen LogP contribution in [0.15, 0.2) is 30.4 Å². The van der Waals surface area contributed by atoms with Crippen molar-refractivity contribution in [2.24, 2.45) is 5.41 Å². The molecule has 0 aliphatic carbocycles. The van der Waals surface area contributed by atoms with Crippen molar-refractivity contribution >= 4 is 11.8 Å². The fourth-order valence-electron chi connectivity index (χ4n) is 3.99. The van der Waals surface area contributed by atoms with E-state index in [2.05, 4.69) is 0 Å². The first kappa shape index (κ1) is 18.5. The third kappa shape index (κ3) is 3.50.